The molecule has 0 radical (unpaired) electrons. The van der Waals surface area contributed by atoms with Gasteiger partial charge in [0.1, 0.15) is 5.75 Å². The Morgan fingerprint density at radius 1 is 1.10 bits per heavy atom. The molecule has 1 aromatic rings. The second-order valence-corrected chi connectivity index (χ2v) is 4.84. The van der Waals surface area contributed by atoms with Crippen LogP contribution in [0.3, 0.4) is 0 Å². The van der Waals surface area contributed by atoms with E-state index in [2.05, 4.69) is 11.0 Å². The summed E-state index contributed by atoms with van der Waals surface area (Å²) < 4.78 is 21.8. The predicted molar refractivity (Wildman–Crippen MR) is 77.4 cm³/mol. The van der Waals surface area contributed by atoms with Gasteiger partial charge in [-0.15, -0.1) is 0 Å². The molecule has 1 aromatic carbocycles. The molecule has 0 amide bonds. The first-order chi connectivity index (χ1) is 9.64. The number of morpholine rings is 1. The van der Waals surface area contributed by atoms with Crippen LogP contribution in [0.15, 0.2) is 18.2 Å². The number of methoxy groups -OCH3 is 3. The third-order valence-corrected chi connectivity index (χ3v) is 3.83. The van der Waals surface area contributed by atoms with E-state index < -0.39 is 5.79 Å². The van der Waals surface area contributed by atoms with Gasteiger partial charge in [0.05, 0.1) is 25.9 Å². The van der Waals surface area contributed by atoms with Crippen LogP contribution in [-0.2, 0) is 20.0 Å². The molecule has 2 rings (SSSR count). The van der Waals surface area contributed by atoms with E-state index in [4.69, 9.17) is 18.9 Å². The first kappa shape index (κ1) is 15.1. The van der Waals surface area contributed by atoms with Gasteiger partial charge in [0.15, 0.2) is 5.79 Å². The highest BCUT2D eigenvalue weighted by Crippen LogP contribution is 2.36. The summed E-state index contributed by atoms with van der Waals surface area (Å²) in [4.78, 5) is 2.28. The van der Waals surface area contributed by atoms with Crippen molar-refractivity contribution < 1.29 is 18.9 Å². The fourth-order valence-corrected chi connectivity index (χ4v) is 2.38. The lowest BCUT2D eigenvalue weighted by Crippen LogP contribution is -2.36. The molecule has 1 heterocycles. The topological polar surface area (TPSA) is 40.2 Å². The Balaban J connectivity index is 2.32. The Kier molecular flexibility index (Phi) is 4.86. The Labute approximate surface area is 120 Å². The van der Waals surface area contributed by atoms with Crippen LogP contribution in [0.4, 0.5) is 5.69 Å². The van der Waals surface area contributed by atoms with E-state index in [9.17, 15) is 0 Å². The molecule has 0 spiro atoms. The standard InChI is InChI=1S/C15H23NO4/c1-15(18-3,19-4)13-6-5-12(11-14(13)17-2)16-7-9-20-10-8-16/h5-6,11H,7-10H2,1-4H3. The van der Waals surface area contributed by atoms with Gasteiger partial charge >= 0.3 is 0 Å². The molecule has 112 valence electrons. The van der Waals surface area contributed by atoms with E-state index in [1.54, 1.807) is 21.3 Å². The van der Waals surface area contributed by atoms with Gasteiger partial charge in [-0.25, -0.2) is 0 Å². The molecule has 1 aliphatic heterocycles. The smallest absolute Gasteiger partial charge is 0.194 e. The van der Waals surface area contributed by atoms with Crippen molar-refractivity contribution in [2.45, 2.75) is 12.7 Å². The molecule has 0 atom stereocenters. The summed E-state index contributed by atoms with van der Waals surface area (Å²) in [6.07, 6.45) is 0. The van der Waals surface area contributed by atoms with E-state index in [-0.39, 0.29) is 0 Å². The normalized spacial score (nSPS) is 16.3. The van der Waals surface area contributed by atoms with E-state index >= 15 is 0 Å². The molecular weight excluding hydrogens is 258 g/mol. The van der Waals surface area contributed by atoms with E-state index in [0.717, 1.165) is 43.3 Å². The number of anilines is 1. The fraction of sp³-hybridized carbons (Fsp3) is 0.600. The van der Waals surface area contributed by atoms with Crippen LogP contribution in [-0.4, -0.2) is 47.6 Å². The molecule has 0 unspecified atom stereocenters. The van der Waals surface area contributed by atoms with Crippen molar-refractivity contribution in [3.8, 4) is 5.75 Å². The molecule has 0 N–H and O–H groups in total. The fourth-order valence-electron chi connectivity index (χ4n) is 2.38. The van der Waals surface area contributed by atoms with Crippen molar-refractivity contribution in [1.82, 2.24) is 0 Å². The van der Waals surface area contributed by atoms with Crippen molar-refractivity contribution in [2.75, 3.05) is 52.5 Å². The molecule has 5 heteroatoms. The first-order valence-electron chi connectivity index (χ1n) is 6.76. The monoisotopic (exact) mass is 281 g/mol. The Morgan fingerprint density at radius 3 is 2.30 bits per heavy atom. The second-order valence-electron chi connectivity index (χ2n) is 4.84. The summed E-state index contributed by atoms with van der Waals surface area (Å²) in [7, 11) is 4.91. The molecular formula is C15H23NO4. The third kappa shape index (κ3) is 2.90. The van der Waals surface area contributed by atoms with Crippen molar-refractivity contribution in [1.29, 1.82) is 0 Å². The lowest BCUT2D eigenvalue weighted by Gasteiger charge is -2.32. The van der Waals surface area contributed by atoms with Crippen molar-refractivity contribution in [3.63, 3.8) is 0 Å². The summed E-state index contributed by atoms with van der Waals surface area (Å²) in [5.41, 5.74) is 2.01. The highest BCUT2D eigenvalue weighted by Gasteiger charge is 2.29. The van der Waals surface area contributed by atoms with E-state index in [0.29, 0.717) is 0 Å². The van der Waals surface area contributed by atoms with E-state index in [1.807, 2.05) is 19.1 Å². The summed E-state index contributed by atoms with van der Waals surface area (Å²) in [5.74, 6) is -0.0466. The summed E-state index contributed by atoms with van der Waals surface area (Å²) in [5, 5.41) is 0. The van der Waals surface area contributed by atoms with Crippen molar-refractivity contribution in [2.24, 2.45) is 0 Å². The highest BCUT2D eigenvalue weighted by atomic mass is 16.7. The molecule has 0 saturated carbocycles. The quantitative estimate of drug-likeness (QED) is 0.772. The average molecular weight is 281 g/mol. The second kappa shape index (κ2) is 6.43. The van der Waals surface area contributed by atoms with Crippen LogP contribution in [0.5, 0.6) is 5.75 Å². The molecule has 0 aliphatic carbocycles. The van der Waals surface area contributed by atoms with Gasteiger partial charge in [0, 0.05) is 39.1 Å². The van der Waals surface area contributed by atoms with Crippen LogP contribution in [0.1, 0.15) is 12.5 Å². The largest absolute Gasteiger partial charge is 0.496 e. The lowest BCUT2D eigenvalue weighted by atomic mass is 10.0. The molecule has 0 bridgehead atoms. The lowest BCUT2D eigenvalue weighted by molar-refractivity contribution is -0.202. The van der Waals surface area contributed by atoms with Crippen molar-refractivity contribution >= 4 is 5.69 Å². The van der Waals surface area contributed by atoms with Gasteiger partial charge in [-0.3, -0.25) is 0 Å². The minimum Gasteiger partial charge on any atom is -0.496 e. The maximum atomic E-state index is 5.51. The number of nitrogens with zero attached hydrogens (tertiary/aromatic N) is 1. The van der Waals surface area contributed by atoms with Crippen molar-refractivity contribution in [3.05, 3.63) is 23.8 Å². The molecule has 1 saturated heterocycles. The molecule has 0 aromatic heterocycles. The zero-order valence-corrected chi connectivity index (χ0v) is 12.6. The first-order valence-corrected chi connectivity index (χ1v) is 6.76. The van der Waals surface area contributed by atoms with Gasteiger partial charge in [-0.1, -0.05) is 0 Å². The average Bonchev–Trinajstić information content (AvgIpc) is 2.54. The number of rotatable bonds is 5. The Hall–Kier alpha value is -1.30. The maximum Gasteiger partial charge on any atom is 0.194 e. The maximum absolute atomic E-state index is 5.51. The van der Waals surface area contributed by atoms with Gasteiger partial charge in [0.25, 0.3) is 0 Å². The number of hydrogen-bond acceptors (Lipinski definition) is 5. The van der Waals surface area contributed by atoms with Crippen LogP contribution < -0.4 is 9.64 Å². The molecule has 1 aliphatic rings. The summed E-state index contributed by atoms with van der Waals surface area (Å²) in [6, 6.07) is 6.09. The molecule has 5 nitrogen and oxygen atoms in total. The highest BCUT2D eigenvalue weighted by molar-refractivity contribution is 5.55. The van der Waals surface area contributed by atoms with E-state index in [1.165, 1.54) is 0 Å². The summed E-state index contributed by atoms with van der Waals surface area (Å²) >= 11 is 0. The minimum absolute atomic E-state index is 0.762. The van der Waals surface area contributed by atoms with Crippen LogP contribution in [0.2, 0.25) is 0 Å². The Bertz CT molecular complexity index is 439. The van der Waals surface area contributed by atoms with Gasteiger partial charge in [-0.05, 0) is 19.1 Å². The summed E-state index contributed by atoms with van der Waals surface area (Å²) in [6.45, 7) is 5.19. The number of ether oxygens (including phenoxy) is 4. The van der Waals surface area contributed by atoms with Crippen LogP contribution >= 0.6 is 0 Å². The molecule has 1 fully saturated rings. The SMILES string of the molecule is COc1cc(N2CCOCC2)ccc1C(C)(OC)OC. The van der Waals surface area contributed by atoms with Gasteiger partial charge in [-0.2, -0.15) is 0 Å². The minimum atomic E-state index is -0.811. The Morgan fingerprint density at radius 2 is 1.75 bits per heavy atom. The van der Waals surface area contributed by atoms with Gasteiger partial charge in [0.2, 0.25) is 0 Å². The number of hydrogen-bond donors (Lipinski definition) is 0. The molecule has 20 heavy (non-hydrogen) atoms. The van der Waals surface area contributed by atoms with Gasteiger partial charge < -0.3 is 23.8 Å². The van der Waals surface area contributed by atoms with Crippen LogP contribution in [0, 0.1) is 0 Å². The zero-order valence-electron chi connectivity index (χ0n) is 12.6. The van der Waals surface area contributed by atoms with Crippen LogP contribution in [0.25, 0.3) is 0 Å². The zero-order chi connectivity index (χ0) is 14.6. The number of benzene rings is 1. The predicted octanol–water partition coefficient (Wildman–Crippen LogP) is 2.00. The third-order valence-electron chi connectivity index (χ3n) is 3.83.